The number of Topliss-reactive ketones (excluding diaryl/α,β-unsaturated/α-hetero) is 1. The number of nitrogens with one attached hydrogen (secondary N) is 1. The molecule has 0 aliphatic heterocycles. The maximum atomic E-state index is 12.2. The number of carbonyl (C=O) groups excluding carboxylic acids is 2. The third-order valence-electron chi connectivity index (χ3n) is 2.50. The lowest BCUT2D eigenvalue weighted by Gasteiger charge is -2.10. The zero-order chi connectivity index (χ0) is 13.9. The molecule has 6 heteroatoms. The van der Waals surface area contributed by atoms with Gasteiger partial charge in [0.2, 0.25) is 5.91 Å². The summed E-state index contributed by atoms with van der Waals surface area (Å²) in [6.07, 6.45) is 0.242. The van der Waals surface area contributed by atoms with Gasteiger partial charge in [0.05, 0.1) is 0 Å². The third kappa shape index (κ3) is 4.29. The van der Waals surface area contributed by atoms with E-state index in [-0.39, 0.29) is 24.0 Å². The van der Waals surface area contributed by atoms with E-state index in [1.807, 2.05) is 12.1 Å². The zero-order valence-corrected chi connectivity index (χ0v) is 16.4. The van der Waals surface area contributed by atoms with Gasteiger partial charge in [-0.05, 0) is 79.9 Å². The standard InChI is InChI=1S/C12H12I3NO2/c1-6(12(18)16-2)3-11(17)7-4-9(14)10(15)5-8(7)13/h4-6H,3H2,1-2H3,(H,16,18). The second-order valence-electron chi connectivity index (χ2n) is 3.89. The first kappa shape index (κ1) is 16.6. The van der Waals surface area contributed by atoms with Gasteiger partial charge in [-0.1, -0.05) is 6.92 Å². The van der Waals surface area contributed by atoms with Gasteiger partial charge in [-0.25, -0.2) is 0 Å². The Labute approximate surface area is 147 Å². The molecule has 0 heterocycles. The van der Waals surface area contributed by atoms with Gasteiger partial charge in [0.15, 0.2) is 5.78 Å². The van der Waals surface area contributed by atoms with E-state index in [1.54, 1.807) is 14.0 Å². The van der Waals surface area contributed by atoms with Crippen LogP contribution in [0.4, 0.5) is 0 Å². The summed E-state index contributed by atoms with van der Waals surface area (Å²) >= 11 is 6.62. The van der Waals surface area contributed by atoms with Gasteiger partial charge in [-0.3, -0.25) is 9.59 Å². The van der Waals surface area contributed by atoms with Crippen LogP contribution >= 0.6 is 67.8 Å². The van der Waals surface area contributed by atoms with Gasteiger partial charge in [-0.15, -0.1) is 0 Å². The molecule has 1 aromatic rings. The lowest BCUT2D eigenvalue weighted by atomic mass is 9.99. The first-order chi connectivity index (χ1) is 8.36. The molecular formula is C12H12I3NO2. The SMILES string of the molecule is CNC(=O)C(C)CC(=O)c1cc(I)c(I)cc1I. The van der Waals surface area contributed by atoms with Crippen LogP contribution < -0.4 is 5.32 Å². The summed E-state index contributed by atoms with van der Waals surface area (Å²) in [6.45, 7) is 1.77. The average Bonchev–Trinajstić information content (AvgIpc) is 2.32. The predicted octanol–water partition coefficient (Wildman–Crippen LogP) is 3.46. The summed E-state index contributed by atoms with van der Waals surface area (Å²) in [6, 6.07) is 3.88. The van der Waals surface area contributed by atoms with Crippen LogP contribution in [0.1, 0.15) is 23.7 Å². The smallest absolute Gasteiger partial charge is 0.223 e. The molecule has 1 rings (SSSR count). The highest BCUT2D eigenvalue weighted by molar-refractivity contribution is 14.1. The fraction of sp³-hybridized carbons (Fsp3) is 0.333. The monoisotopic (exact) mass is 583 g/mol. The molecule has 1 atom stereocenters. The minimum absolute atomic E-state index is 0.0183. The quantitative estimate of drug-likeness (QED) is 0.336. The van der Waals surface area contributed by atoms with E-state index >= 15 is 0 Å². The van der Waals surface area contributed by atoms with E-state index in [1.165, 1.54) is 0 Å². The van der Waals surface area contributed by atoms with Crippen LogP contribution in [0, 0.1) is 16.6 Å². The average molecular weight is 583 g/mol. The molecule has 0 fully saturated rings. The maximum Gasteiger partial charge on any atom is 0.223 e. The van der Waals surface area contributed by atoms with Crippen molar-refractivity contribution in [1.82, 2.24) is 5.32 Å². The Balaban J connectivity index is 2.91. The van der Waals surface area contributed by atoms with Crippen LogP contribution in [0.5, 0.6) is 0 Å². The molecule has 1 unspecified atom stereocenters. The van der Waals surface area contributed by atoms with E-state index in [4.69, 9.17) is 0 Å². The Bertz CT molecular complexity index is 488. The van der Waals surface area contributed by atoms with Crippen LogP contribution in [-0.4, -0.2) is 18.7 Å². The van der Waals surface area contributed by atoms with E-state index in [9.17, 15) is 9.59 Å². The van der Waals surface area contributed by atoms with Gasteiger partial charge in [0.25, 0.3) is 0 Å². The van der Waals surface area contributed by atoms with Crippen LogP contribution in [0.25, 0.3) is 0 Å². The summed E-state index contributed by atoms with van der Waals surface area (Å²) in [7, 11) is 1.58. The van der Waals surface area contributed by atoms with E-state index < -0.39 is 0 Å². The fourth-order valence-electron chi connectivity index (χ4n) is 1.46. The highest BCUT2D eigenvalue weighted by Gasteiger charge is 2.19. The van der Waals surface area contributed by atoms with Crippen molar-refractivity contribution in [2.75, 3.05) is 7.05 Å². The van der Waals surface area contributed by atoms with Crippen molar-refractivity contribution < 1.29 is 9.59 Å². The summed E-state index contributed by atoms with van der Waals surface area (Å²) in [5.41, 5.74) is 0.705. The van der Waals surface area contributed by atoms with E-state index in [2.05, 4.69) is 73.1 Å². The number of rotatable bonds is 4. The number of hydrogen-bond acceptors (Lipinski definition) is 2. The van der Waals surface area contributed by atoms with Gasteiger partial charge < -0.3 is 5.32 Å². The predicted molar refractivity (Wildman–Crippen MR) is 96.8 cm³/mol. The van der Waals surface area contributed by atoms with Gasteiger partial charge >= 0.3 is 0 Å². The first-order valence-corrected chi connectivity index (χ1v) is 8.49. The van der Waals surface area contributed by atoms with Crippen molar-refractivity contribution in [2.24, 2.45) is 5.92 Å². The molecule has 18 heavy (non-hydrogen) atoms. The highest BCUT2D eigenvalue weighted by Crippen LogP contribution is 2.24. The Morgan fingerprint density at radius 2 is 1.72 bits per heavy atom. The number of hydrogen-bond donors (Lipinski definition) is 1. The molecule has 0 radical (unpaired) electrons. The Morgan fingerprint density at radius 1 is 1.17 bits per heavy atom. The van der Waals surface area contributed by atoms with Crippen LogP contribution in [-0.2, 0) is 4.79 Å². The molecule has 1 amide bonds. The molecule has 1 N–H and O–H groups in total. The van der Waals surface area contributed by atoms with E-state index in [0.717, 1.165) is 10.7 Å². The molecule has 0 aromatic heterocycles. The van der Waals surface area contributed by atoms with E-state index in [0.29, 0.717) is 5.56 Å². The molecule has 0 spiro atoms. The van der Waals surface area contributed by atoms with Gasteiger partial charge in [-0.2, -0.15) is 0 Å². The lowest BCUT2D eigenvalue weighted by Crippen LogP contribution is -2.27. The summed E-state index contributed by atoms with van der Waals surface area (Å²) in [5, 5.41) is 2.56. The van der Waals surface area contributed by atoms with Crippen LogP contribution in [0.15, 0.2) is 12.1 Å². The molecule has 98 valence electrons. The number of halogens is 3. The molecule has 1 aromatic carbocycles. The Morgan fingerprint density at radius 3 is 2.28 bits per heavy atom. The van der Waals surface area contributed by atoms with Crippen molar-refractivity contribution in [3.63, 3.8) is 0 Å². The number of ketones is 1. The molecular weight excluding hydrogens is 571 g/mol. The molecule has 0 saturated carbocycles. The largest absolute Gasteiger partial charge is 0.359 e. The maximum absolute atomic E-state index is 12.2. The minimum atomic E-state index is -0.296. The molecule has 0 bridgehead atoms. The summed E-state index contributed by atoms with van der Waals surface area (Å²) < 4.78 is 3.13. The second kappa shape index (κ2) is 7.36. The summed E-state index contributed by atoms with van der Waals surface area (Å²) in [5.74, 6) is -0.376. The van der Waals surface area contributed by atoms with Crippen molar-refractivity contribution >= 4 is 79.5 Å². The minimum Gasteiger partial charge on any atom is -0.359 e. The van der Waals surface area contributed by atoms with Gasteiger partial charge in [0, 0.05) is 35.7 Å². The fourth-order valence-corrected chi connectivity index (χ4v) is 3.76. The Kier molecular flexibility index (Phi) is 6.79. The zero-order valence-electron chi connectivity index (χ0n) is 9.89. The van der Waals surface area contributed by atoms with Gasteiger partial charge in [0.1, 0.15) is 0 Å². The van der Waals surface area contributed by atoms with Crippen LogP contribution in [0.3, 0.4) is 0 Å². The number of benzene rings is 1. The molecule has 0 aliphatic carbocycles. The normalized spacial score (nSPS) is 12.1. The molecule has 3 nitrogen and oxygen atoms in total. The number of amides is 1. The molecule has 0 saturated heterocycles. The van der Waals surface area contributed by atoms with Crippen molar-refractivity contribution in [1.29, 1.82) is 0 Å². The summed E-state index contributed by atoms with van der Waals surface area (Å²) in [4.78, 5) is 23.6. The topological polar surface area (TPSA) is 46.2 Å². The van der Waals surface area contributed by atoms with Crippen molar-refractivity contribution in [3.8, 4) is 0 Å². The molecule has 0 aliphatic rings. The van der Waals surface area contributed by atoms with Crippen LogP contribution in [0.2, 0.25) is 0 Å². The second-order valence-corrected chi connectivity index (χ2v) is 7.38. The van der Waals surface area contributed by atoms with Crippen molar-refractivity contribution in [3.05, 3.63) is 28.4 Å². The van der Waals surface area contributed by atoms with Crippen molar-refractivity contribution in [2.45, 2.75) is 13.3 Å². The lowest BCUT2D eigenvalue weighted by molar-refractivity contribution is -0.123. The third-order valence-corrected chi connectivity index (χ3v) is 6.21. The highest BCUT2D eigenvalue weighted by atomic mass is 127. The number of carbonyl (C=O) groups is 2. The Hall–Kier alpha value is 0.550. The first-order valence-electron chi connectivity index (χ1n) is 5.26.